The normalized spacial score (nSPS) is 28.0. The molecule has 54 heavy (non-hydrogen) atoms. The van der Waals surface area contributed by atoms with Crippen LogP contribution in [0.4, 0.5) is 0 Å². The summed E-state index contributed by atoms with van der Waals surface area (Å²) in [5.74, 6) is 0. The van der Waals surface area contributed by atoms with Crippen LogP contribution < -0.4 is 5.32 Å². The van der Waals surface area contributed by atoms with E-state index in [0.717, 1.165) is 33.9 Å². The minimum absolute atomic E-state index is 0.0197. The lowest BCUT2D eigenvalue weighted by Gasteiger charge is -2.32. The lowest BCUT2D eigenvalue weighted by Crippen LogP contribution is -2.90. The Bertz CT molecular complexity index is 1900. The first-order valence-corrected chi connectivity index (χ1v) is 23.9. The molecule has 3 N–H and O–H groups in total. The van der Waals surface area contributed by atoms with Crippen molar-refractivity contribution in [3.8, 4) is 0 Å². The molecule has 0 saturated carbocycles. The van der Waals surface area contributed by atoms with Crippen molar-refractivity contribution in [3.05, 3.63) is 93.4 Å². The van der Waals surface area contributed by atoms with Crippen LogP contribution in [0.3, 0.4) is 0 Å². The molecule has 12 nitrogen and oxygen atoms in total. The van der Waals surface area contributed by atoms with Crippen LogP contribution in [0.5, 0.6) is 0 Å². The van der Waals surface area contributed by atoms with Crippen LogP contribution in [-0.4, -0.2) is 89.1 Å². The fraction of sp³-hybridized carbons (Fsp3) is 0.514. The van der Waals surface area contributed by atoms with Crippen LogP contribution in [0.25, 0.3) is 0 Å². The predicted molar refractivity (Wildman–Crippen MR) is 210 cm³/mol. The zero-order valence-electron chi connectivity index (χ0n) is 30.3. The molecule has 0 radical (unpaired) electrons. The Balaban J connectivity index is 1.27. The van der Waals surface area contributed by atoms with Gasteiger partial charge in [0, 0.05) is 34.6 Å². The maximum Gasteiger partial charge on any atom is 0.399 e. The summed E-state index contributed by atoms with van der Waals surface area (Å²) in [6.45, 7) is 6.04. The summed E-state index contributed by atoms with van der Waals surface area (Å²) in [6, 6.07) is 22.5. The van der Waals surface area contributed by atoms with E-state index in [4.69, 9.17) is 27.8 Å². The highest BCUT2D eigenvalue weighted by molar-refractivity contribution is 9.10. The fourth-order valence-corrected chi connectivity index (χ4v) is 12.4. The van der Waals surface area contributed by atoms with Crippen molar-refractivity contribution in [2.24, 2.45) is 0 Å². The van der Waals surface area contributed by atoms with Crippen molar-refractivity contribution >= 4 is 60.1 Å². The monoisotopic (exact) mass is 935 g/mol. The Morgan fingerprint density at radius 3 is 1.93 bits per heavy atom. The molecule has 3 aromatic rings. The Morgan fingerprint density at radius 1 is 0.852 bits per heavy atom. The van der Waals surface area contributed by atoms with Crippen LogP contribution in [0.2, 0.25) is 0 Å². The second-order valence-electron chi connectivity index (χ2n) is 14.1. The van der Waals surface area contributed by atoms with E-state index in [1.807, 2.05) is 51.1 Å². The first kappa shape index (κ1) is 42.2. The highest BCUT2D eigenvalue weighted by Crippen LogP contribution is 2.52. The number of hydrogen-bond acceptors (Lipinski definition) is 11. The van der Waals surface area contributed by atoms with Gasteiger partial charge in [0.15, 0.2) is 16.5 Å². The molecule has 0 amide bonds. The zero-order valence-corrected chi connectivity index (χ0v) is 36.1. The Kier molecular flexibility index (Phi) is 14.1. The topological polar surface area (TPSA) is 160 Å². The summed E-state index contributed by atoms with van der Waals surface area (Å²) >= 11 is 6.70. The standard InChI is InChI=1S/C37H47Br2NO11PS2/c1-24(2)47-30-20-35(53(42,43)28-15-11-26(38)12-16-28)49-33(30)23-46-52(51-37(3,34-10-7-19-40-34)25-8-5-4-6-9-25)50-31-21-36(48-32(31)22-41)54(44,45)29-17-13-27(39)14-18-29/h4-6,8-9,11-18,24,30-36,40-41,52H,7,10,19-23H2,1-3H3/q+1/p+1/t30?,31?,32-,33-,34-,35+,36+,37+/m1/s1. The Morgan fingerprint density at radius 2 is 1.41 bits per heavy atom. The quantitative estimate of drug-likeness (QED) is 0.175. The summed E-state index contributed by atoms with van der Waals surface area (Å²) in [7, 11) is -10.6. The number of halogens is 2. The first-order valence-electron chi connectivity index (χ1n) is 18.0. The summed E-state index contributed by atoms with van der Waals surface area (Å²) in [5.41, 5.74) is -2.43. The highest BCUT2D eigenvalue weighted by atomic mass is 79.9. The van der Waals surface area contributed by atoms with Gasteiger partial charge in [0.1, 0.15) is 31.0 Å². The molecule has 6 rings (SSSR count). The van der Waals surface area contributed by atoms with E-state index in [0.29, 0.717) is 0 Å². The molecule has 3 saturated heterocycles. The molecule has 3 aliphatic rings. The molecule has 3 fully saturated rings. The van der Waals surface area contributed by atoms with Gasteiger partial charge in [-0.25, -0.2) is 16.8 Å². The number of benzene rings is 3. The zero-order chi connectivity index (χ0) is 38.7. The highest BCUT2D eigenvalue weighted by Gasteiger charge is 2.53. The molecular formula is C37H48Br2NO11PS2+2. The summed E-state index contributed by atoms with van der Waals surface area (Å²) in [6.07, 6.45) is -1.62. The van der Waals surface area contributed by atoms with Gasteiger partial charge in [-0.2, -0.15) is 13.6 Å². The van der Waals surface area contributed by atoms with Crippen molar-refractivity contribution < 1.29 is 55.0 Å². The number of nitrogens with two attached hydrogens (primary N) is 1. The van der Waals surface area contributed by atoms with E-state index >= 15 is 0 Å². The van der Waals surface area contributed by atoms with Crippen LogP contribution in [0.1, 0.15) is 52.0 Å². The van der Waals surface area contributed by atoms with Gasteiger partial charge in [0.05, 0.1) is 35.2 Å². The second-order valence-corrected chi connectivity index (χ2v) is 21.4. The number of aliphatic hydroxyl groups is 1. The number of aliphatic hydroxyl groups excluding tert-OH is 1. The molecule has 3 heterocycles. The molecule has 3 aromatic carbocycles. The van der Waals surface area contributed by atoms with E-state index in [-0.39, 0.29) is 41.4 Å². The van der Waals surface area contributed by atoms with Crippen LogP contribution in [0.15, 0.2) is 97.6 Å². The largest absolute Gasteiger partial charge is 0.399 e. The molecule has 0 aromatic heterocycles. The van der Waals surface area contributed by atoms with Gasteiger partial charge in [-0.15, -0.1) is 0 Å². The van der Waals surface area contributed by atoms with Crippen molar-refractivity contribution in [2.75, 3.05) is 19.8 Å². The van der Waals surface area contributed by atoms with E-state index in [9.17, 15) is 21.9 Å². The van der Waals surface area contributed by atoms with Gasteiger partial charge < -0.3 is 24.6 Å². The summed E-state index contributed by atoms with van der Waals surface area (Å²) in [4.78, 5) is 0.217. The number of quaternary nitrogens is 1. The van der Waals surface area contributed by atoms with Crippen molar-refractivity contribution in [3.63, 3.8) is 0 Å². The van der Waals surface area contributed by atoms with Gasteiger partial charge in [0.2, 0.25) is 19.7 Å². The van der Waals surface area contributed by atoms with E-state index in [2.05, 4.69) is 37.2 Å². The van der Waals surface area contributed by atoms with Gasteiger partial charge in [-0.3, -0.25) is 0 Å². The third-order valence-electron chi connectivity index (χ3n) is 10.1. The fourth-order valence-electron chi connectivity index (χ4n) is 7.16. The molecule has 3 aliphatic heterocycles. The molecule has 3 unspecified atom stereocenters. The Hall–Kier alpha value is -1.37. The van der Waals surface area contributed by atoms with Gasteiger partial charge in [-0.1, -0.05) is 62.2 Å². The van der Waals surface area contributed by atoms with Crippen LogP contribution >= 0.6 is 40.5 Å². The van der Waals surface area contributed by atoms with E-state index in [1.165, 1.54) is 24.3 Å². The van der Waals surface area contributed by atoms with Gasteiger partial charge in [0.25, 0.3) is 0 Å². The molecule has 296 valence electrons. The first-order chi connectivity index (χ1) is 25.7. The van der Waals surface area contributed by atoms with E-state index < -0.39 is 75.8 Å². The molecule has 17 heteroatoms. The van der Waals surface area contributed by atoms with Crippen molar-refractivity contribution in [2.45, 2.75) is 109 Å². The average molecular weight is 938 g/mol. The molecular weight excluding hydrogens is 889 g/mol. The van der Waals surface area contributed by atoms with Gasteiger partial charge >= 0.3 is 8.60 Å². The third-order valence-corrected chi connectivity index (χ3v) is 16.5. The minimum atomic E-state index is -3.95. The molecule has 0 aliphatic carbocycles. The number of rotatable bonds is 16. The second kappa shape index (κ2) is 18.0. The smallest absolute Gasteiger partial charge is 0.394 e. The Labute approximate surface area is 335 Å². The van der Waals surface area contributed by atoms with E-state index in [1.54, 1.807) is 24.3 Å². The molecule has 9 atom stereocenters. The van der Waals surface area contributed by atoms with Crippen LogP contribution in [-0.2, 0) is 53.1 Å². The summed E-state index contributed by atoms with van der Waals surface area (Å²) < 4.78 is 94.6. The van der Waals surface area contributed by atoms with Gasteiger partial charge in [-0.05, 0) is 74.9 Å². The summed E-state index contributed by atoms with van der Waals surface area (Å²) in [5, 5.41) is 12.6. The number of ether oxygens (including phenoxy) is 3. The third kappa shape index (κ3) is 9.66. The molecule has 0 spiro atoms. The van der Waals surface area contributed by atoms with Crippen LogP contribution in [0, 0.1) is 0 Å². The number of sulfone groups is 2. The maximum atomic E-state index is 13.7. The maximum absolute atomic E-state index is 13.7. The number of hydrogen-bond donors (Lipinski definition) is 2. The average Bonchev–Trinajstić information content (AvgIpc) is 3.93. The van der Waals surface area contributed by atoms with Crippen molar-refractivity contribution in [1.82, 2.24) is 0 Å². The predicted octanol–water partition coefficient (Wildman–Crippen LogP) is 5.49. The minimum Gasteiger partial charge on any atom is -0.394 e. The lowest BCUT2D eigenvalue weighted by molar-refractivity contribution is -0.684. The lowest BCUT2D eigenvalue weighted by atomic mass is 9.87. The SMILES string of the molecule is CC(C)OC1C[C@H](S(=O)(=O)c2ccc(Br)cc2)O[C@@H]1CO[PH+](OC1C[C@H](S(=O)(=O)c2ccc(Br)cc2)O[C@@H]1CO)O[C@@](C)(c1ccccc1)[C@H]1CCC[NH2+]1. The van der Waals surface area contributed by atoms with Crippen molar-refractivity contribution in [1.29, 1.82) is 0 Å². The molecule has 0 bridgehead atoms.